The smallest absolute Gasteiger partial charge is 0.405 e. The van der Waals surface area contributed by atoms with E-state index in [0.29, 0.717) is 12.8 Å². The van der Waals surface area contributed by atoms with Crippen LogP contribution in [-0.4, -0.2) is 98.8 Å². The molecule has 232 valence electrons. The minimum Gasteiger partial charge on any atom is -0.433 e. The van der Waals surface area contributed by atoms with Gasteiger partial charge in [0.25, 0.3) is 5.91 Å². The van der Waals surface area contributed by atoms with Gasteiger partial charge in [-0.05, 0) is 43.6 Å². The summed E-state index contributed by atoms with van der Waals surface area (Å²) in [6, 6.07) is 6.71. The first-order chi connectivity index (χ1) is 19.6. The van der Waals surface area contributed by atoms with Crippen LogP contribution in [0.3, 0.4) is 0 Å². The van der Waals surface area contributed by atoms with E-state index < -0.39 is 71.1 Å². The number of amides is 5. The summed E-state index contributed by atoms with van der Waals surface area (Å²) in [5.74, 6) is -2.81. The number of hydrogen-bond donors (Lipinski definition) is 5. The highest BCUT2D eigenvalue weighted by Crippen LogP contribution is 2.36. The van der Waals surface area contributed by atoms with Gasteiger partial charge in [-0.25, -0.2) is 4.79 Å². The average Bonchev–Trinajstić information content (AvgIpc) is 3.57. The van der Waals surface area contributed by atoms with Crippen LogP contribution in [0.5, 0.6) is 0 Å². The molecule has 2 aliphatic rings. The number of nitrogens with zero attached hydrogens (tertiary/aromatic N) is 2. The summed E-state index contributed by atoms with van der Waals surface area (Å²) in [5.41, 5.74) is 9.13. The van der Waals surface area contributed by atoms with Gasteiger partial charge >= 0.3 is 6.09 Å². The second-order valence-electron chi connectivity index (χ2n) is 12.2. The van der Waals surface area contributed by atoms with Crippen LogP contribution in [0.25, 0.3) is 0 Å². The highest BCUT2D eigenvalue weighted by atomic mass is 16.6. The van der Waals surface area contributed by atoms with Crippen LogP contribution in [0.15, 0.2) is 30.3 Å². The van der Waals surface area contributed by atoms with Crippen molar-refractivity contribution in [2.24, 2.45) is 16.9 Å². The van der Waals surface area contributed by atoms with Gasteiger partial charge in [0.15, 0.2) is 0 Å². The number of aliphatic hydroxyl groups excluding tert-OH is 2. The number of aliphatic hydroxyl groups is 2. The van der Waals surface area contributed by atoms with Gasteiger partial charge in [-0.3, -0.25) is 19.2 Å². The van der Waals surface area contributed by atoms with Gasteiger partial charge in [0.05, 0.1) is 6.10 Å². The molecule has 13 heteroatoms. The quantitative estimate of drug-likeness (QED) is 0.246. The predicted molar refractivity (Wildman–Crippen MR) is 151 cm³/mol. The fourth-order valence-corrected chi connectivity index (χ4v) is 5.80. The molecule has 0 radical (unpaired) electrons. The topological polar surface area (TPSA) is 206 Å². The summed E-state index contributed by atoms with van der Waals surface area (Å²) in [7, 11) is 0. The van der Waals surface area contributed by atoms with Crippen LogP contribution in [0.2, 0.25) is 0 Å². The number of carbonyl (C=O) groups excluding carboxylic acids is 5. The molecule has 2 fully saturated rings. The largest absolute Gasteiger partial charge is 0.433 e. The summed E-state index contributed by atoms with van der Waals surface area (Å²) in [5, 5.41) is 23.5. The fourth-order valence-electron chi connectivity index (χ4n) is 5.80. The van der Waals surface area contributed by atoms with Crippen molar-refractivity contribution >= 4 is 29.7 Å². The molecule has 1 aromatic carbocycles. The first-order valence-corrected chi connectivity index (χ1v) is 14.2. The predicted octanol–water partition coefficient (Wildman–Crippen LogP) is -0.197. The Labute approximate surface area is 245 Å². The van der Waals surface area contributed by atoms with E-state index in [4.69, 9.17) is 16.2 Å². The number of carbonyl (C=O) groups is 5. The summed E-state index contributed by atoms with van der Waals surface area (Å²) in [6.07, 6.45) is -3.94. The number of hydrogen-bond acceptors (Lipinski definition) is 8. The molecule has 7 N–H and O–H groups in total. The van der Waals surface area contributed by atoms with E-state index in [9.17, 15) is 34.2 Å². The van der Waals surface area contributed by atoms with Crippen molar-refractivity contribution in [2.45, 2.75) is 95.7 Å². The molecule has 5 amide bonds. The molecular formula is C29H43N5O8. The van der Waals surface area contributed by atoms with Gasteiger partial charge in [-0.15, -0.1) is 0 Å². The average molecular weight is 590 g/mol. The van der Waals surface area contributed by atoms with E-state index >= 15 is 0 Å². The maximum absolute atomic E-state index is 14.3. The summed E-state index contributed by atoms with van der Waals surface area (Å²) < 4.78 is 5.05. The monoisotopic (exact) mass is 589 g/mol. The third-order valence-corrected chi connectivity index (χ3v) is 8.07. The van der Waals surface area contributed by atoms with Gasteiger partial charge in [-0.2, -0.15) is 0 Å². The lowest BCUT2D eigenvalue weighted by atomic mass is 9.85. The molecule has 0 spiro atoms. The van der Waals surface area contributed by atoms with Crippen LogP contribution in [0.4, 0.5) is 4.79 Å². The van der Waals surface area contributed by atoms with E-state index in [2.05, 4.69) is 5.32 Å². The number of likely N-dealkylation sites (tertiary alicyclic amines) is 2. The molecule has 2 aliphatic heterocycles. The van der Waals surface area contributed by atoms with Crippen LogP contribution in [0, 0.1) is 5.41 Å². The van der Waals surface area contributed by atoms with E-state index in [-0.39, 0.29) is 32.4 Å². The van der Waals surface area contributed by atoms with E-state index in [0.717, 1.165) is 5.56 Å². The minimum absolute atomic E-state index is 0.119. The number of rotatable bonds is 10. The molecule has 0 aliphatic carbocycles. The van der Waals surface area contributed by atoms with Crippen molar-refractivity contribution < 1.29 is 38.9 Å². The van der Waals surface area contributed by atoms with Gasteiger partial charge in [-0.1, -0.05) is 51.1 Å². The highest BCUT2D eigenvalue weighted by molar-refractivity contribution is 5.98. The minimum atomic E-state index is -1.63. The lowest BCUT2D eigenvalue weighted by Crippen LogP contribution is -2.65. The van der Waals surface area contributed by atoms with E-state index in [1.807, 2.05) is 18.2 Å². The zero-order valence-electron chi connectivity index (χ0n) is 24.6. The molecule has 2 unspecified atom stereocenters. The van der Waals surface area contributed by atoms with Crippen LogP contribution >= 0.6 is 0 Å². The Hall–Kier alpha value is -3.71. The third kappa shape index (κ3) is 7.01. The Morgan fingerprint density at radius 2 is 1.71 bits per heavy atom. The van der Waals surface area contributed by atoms with Gasteiger partial charge in [0.1, 0.15) is 23.7 Å². The number of benzene rings is 1. The van der Waals surface area contributed by atoms with Gasteiger partial charge in [0.2, 0.25) is 23.8 Å². The lowest BCUT2D eigenvalue weighted by Gasteiger charge is -2.41. The van der Waals surface area contributed by atoms with Crippen molar-refractivity contribution in [3.8, 4) is 0 Å². The second-order valence-corrected chi connectivity index (χ2v) is 12.2. The van der Waals surface area contributed by atoms with Crippen molar-refractivity contribution in [3.63, 3.8) is 0 Å². The maximum atomic E-state index is 14.3. The van der Waals surface area contributed by atoms with Crippen molar-refractivity contribution in [3.05, 3.63) is 35.9 Å². The Bertz CT molecular complexity index is 1170. The SMILES string of the molecule is C[C@@H](O)[C@H](NC(=O)C1(Cc2ccccc2)CCCN1C(=O)[C@@H]1CCCN1C(=O)[C@@H](OC(N)=O)C(O)C(C)(C)C)C(N)=O. The maximum Gasteiger partial charge on any atom is 0.405 e. The Balaban J connectivity index is 1.98. The fraction of sp³-hybridized carbons (Fsp3) is 0.621. The van der Waals surface area contributed by atoms with Gasteiger partial charge < -0.3 is 41.5 Å². The van der Waals surface area contributed by atoms with Crippen molar-refractivity contribution in [1.29, 1.82) is 0 Å². The lowest BCUT2D eigenvalue weighted by molar-refractivity contribution is -0.159. The summed E-state index contributed by atoms with van der Waals surface area (Å²) in [4.78, 5) is 68.3. The van der Waals surface area contributed by atoms with Crippen LogP contribution in [-0.2, 0) is 30.3 Å². The van der Waals surface area contributed by atoms with E-state index in [1.165, 1.54) is 16.7 Å². The molecule has 2 saturated heterocycles. The van der Waals surface area contributed by atoms with Crippen molar-refractivity contribution in [2.75, 3.05) is 13.1 Å². The number of nitrogens with one attached hydrogen (secondary N) is 1. The molecule has 1 aromatic rings. The molecule has 13 nitrogen and oxygen atoms in total. The van der Waals surface area contributed by atoms with E-state index in [1.54, 1.807) is 32.9 Å². The van der Waals surface area contributed by atoms with Crippen LogP contribution in [0.1, 0.15) is 58.9 Å². The second kappa shape index (κ2) is 13.1. The highest BCUT2D eigenvalue weighted by Gasteiger charge is 2.54. The Kier molecular flexibility index (Phi) is 10.2. The third-order valence-electron chi connectivity index (χ3n) is 8.07. The Morgan fingerprint density at radius 1 is 1.07 bits per heavy atom. The standard InChI is InChI=1S/C29H43N5O8/c1-17(35)20(23(30)37)32-26(40)29(16-18-10-6-5-7-11-18)13-9-15-34(29)24(38)19-12-8-14-33(19)25(39)21(42-27(31)41)22(36)28(2,3)4/h5-7,10-11,17,19-22,35-36H,8-9,12-16H2,1-4H3,(H2,30,37)(H2,31,41)(H,32,40)/t17-,19+,20+,21+,22?,29?/m1/s1. The molecular weight excluding hydrogens is 546 g/mol. The number of ether oxygens (including phenoxy) is 1. The first kappa shape index (κ1) is 32.8. The van der Waals surface area contributed by atoms with Crippen molar-refractivity contribution in [1.82, 2.24) is 15.1 Å². The molecule has 42 heavy (non-hydrogen) atoms. The normalized spacial score (nSPS) is 23.5. The zero-order valence-corrected chi connectivity index (χ0v) is 24.6. The summed E-state index contributed by atoms with van der Waals surface area (Å²) in [6.45, 7) is 6.71. The molecule has 0 bridgehead atoms. The number of primary amides is 2. The molecule has 6 atom stereocenters. The van der Waals surface area contributed by atoms with Crippen LogP contribution < -0.4 is 16.8 Å². The molecule has 3 rings (SSSR count). The Morgan fingerprint density at radius 3 is 2.26 bits per heavy atom. The number of nitrogens with two attached hydrogens (primary N) is 2. The molecule has 0 aromatic heterocycles. The van der Waals surface area contributed by atoms with Gasteiger partial charge in [0, 0.05) is 19.5 Å². The summed E-state index contributed by atoms with van der Waals surface area (Å²) >= 11 is 0. The zero-order chi connectivity index (χ0) is 31.4. The molecule has 0 saturated carbocycles. The first-order valence-electron chi connectivity index (χ1n) is 14.2. The molecule has 2 heterocycles.